The Balaban J connectivity index is 1.32. The number of hydrogen-bond acceptors (Lipinski definition) is 6. The van der Waals surface area contributed by atoms with Crippen LogP contribution in [0.3, 0.4) is 0 Å². The number of aryl methyl sites for hydroxylation is 2. The molecule has 0 spiro atoms. The summed E-state index contributed by atoms with van der Waals surface area (Å²) in [5, 5.41) is 11.2. The van der Waals surface area contributed by atoms with Crippen LogP contribution in [0.2, 0.25) is 0 Å². The number of benzene rings is 1. The van der Waals surface area contributed by atoms with E-state index in [9.17, 15) is 9.18 Å². The number of amides is 1. The predicted octanol–water partition coefficient (Wildman–Crippen LogP) is 2.37. The lowest BCUT2D eigenvalue weighted by molar-refractivity contribution is -0.117. The van der Waals surface area contributed by atoms with Gasteiger partial charge in [0, 0.05) is 44.9 Å². The molecule has 1 aromatic carbocycles. The van der Waals surface area contributed by atoms with E-state index in [-0.39, 0.29) is 12.5 Å². The third kappa shape index (κ3) is 4.74. The zero-order valence-electron chi connectivity index (χ0n) is 17.1. The first-order valence-corrected chi connectivity index (χ1v) is 9.96. The van der Waals surface area contributed by atoms with Gasteiger partial charge in [-0.1, -0.05) is 17.3 Å². The summed E-state index contributed by atoms with van der Waals surface area (Å²) in [7, 11) is 0. The van der Waals surface area contributed by atoms with E-state index in [4.69, 9.17) is 4.52 Å². The predicted molar refractivity (Wildman–Crippen MR) is 110 cm³/mol. The number of para-hydroxylation sites is 1. The van der Waals surface area contributed by atoms with E-state index in [1.165, 1.54) is 10.7 Å². The molecule has 1 amide bonds. The summed E-state index contributed by atoms with van der Waals surface area (Å²) in [6, 6.07) is 10.0. The quantitative estimate of drug-likeness (QED) is 0.670. The maximum Gasteiger partial charge on any atom is 0.239 e. The Morgan fingerprint density at radius 2 is 1.87 bits per heavy atom. The third-order valence-corrected chi connectivity index (χ3v) is 5.07. The van der Waals surface area contributed by atoms with E-state index >= 15 is 0 Å². The maximum atomic E-state index is 14.2. The van der Waals surface area contributed by atoms with Gasteiger partial charge in [-0.05, 0) is 26.0 Å². The van der Waals surface area contributed by atoms with E-state index in [1.54, 1.807) is 24.3 Å². The van der Waals surface area contributed by atoms with Gasteiger partial charge in [-0.15, -0.1) is 0 Å². The SMILES string of the molecule is Cc1cc(NC(=O)CN2CCN(Cc3cc(C)on3)CC2)n(-c2ccccc2F)n1. The monoisotopic (exact) mass is 412 g/mol. The molecule has 0 unspecified atom stereocenters. The Bertz CT molecular complexity index is 1020. The number of nitrogens with one attached hydrogen (secondary N) is 1. The summed E-state index contributed by atoms with van der Waals surface area (Å²) in [6.07, 6.45) is 0. The minimum Gasteiger partial charge on any atom is -0.361 e. The molecular formula is C21H25FN6O2. The Morgan fingerprint density at radius 3 is 2.57 bits per heavy atom. The van der Waals surface area contributed by atoms with Crippen LogP contribution in [-0.2, 0) is 11.3 Å². The molecule has 1 N–H and O–H groups in total. The molecule has 2 aromatic heterocycles. The van der Waals surface area contributed by atoms with Gasteiger partial charge in [-0.3, -0.25) is 14.6 Å². The van der Waals surface area contributed by atoms with Gasteiger partial charge in [0.1, 0.15) is 23.1 Å². The van der Waals surface area contributed by atoms with Crippen molar-refractivity contribution in [2.75, 3.05) is 38.0 Å². The van der Waals surface area contributed by atoms with Crippen LogP contribution in [-0.4, -0.2) is 63.4 Å². The molecule has 1 aliphatic heterocycles. The van der Waals surface area contributed by atoms with Crippen LogP contribution < -0.4 is 5.32 Å². The summed E-state index contributed by atoms with van der Waals surface area (Å²) >= 11 is 0. The standard InChI is InChI=1S/C21H25FN6O2/c1-15-11-20(28(24-15)19-6-4-3-5-18(19)22)23-21(29)14-27-9-7-26(8-10-27)13-17-12-16(2)30-25-17/h3-6,11-12H,7-10,13-14H2,1-2H3,(H,23,29). The molecule has 3 aromatic rings. The molecule has 0 saturated carbocycles. The number of aromatic nitrogens is 3. The van der Waals surface area contributed by atoms with Crippen LogP contribution >= 0.6 is 0 Å². The van der Waals surface area contributed by atoms with Crippen LogP contribution in [0.5, 0.6) is 0 Å². The molecule has 0 atom stereocenters. The van der Waals surface area contributed by atoms with E-state index in [0.717, 1.165) is 44.2 Å². The lowest BCUT2D eigenvalue weighted by Gasteiger charge is -2.33. The number of rotatable bonds is 6. The zero-order valence-corrected chi connectivity index (χ0v) is 17.1. The van der Waals surface area contributed by atoms with Gasteiger partial charge < -0.3 is 9.84 Å². The molecule has 0 bridgehead atoms. The molecule has 1 fully saturated rings. The van der Waals surface area contributed by atoms with Crippen molar-refractivity contribution in [3.05, 3.63) is 59.4 Å². The van der Waals surface area contributed by atoms with Crippen molar-refractivity contribution >= 4 is 11.7 Å². The fourth-order valence-corrected chi connectivity index (χ4v) is 3.61. The van der Waals surface area contributed by atoms with Crippen molar-refractivity contribution in [2.24, 2.45) is 0 Å². The van der Waals surface area contributed by atoms with Gasteiger partial charge in [0.25, 0.3) is 0 Å². The van der Waals surface area contributed by atoms with Crippen molar-refractivity contribution in [1.82, 2.24) is 24.7 Å². The minimum absolute atomic E-state index is 0.145. The summed E-state index contributed by atoms with van der Waals surface area (Å²) < 4.78 is 20.7. The zero-order chi connectivity index (χ0) is 21.1. The average molecular weight is 412 g/mol. The second kappa shape index (κ2) is 8.76. The van der Waals surface area contributed by atoms with Crippen molar-refractivity contribution in [3.63, 3.8) is 0 Å². The molecule has 1 saturated heterocycles. The molecule has 8 nitrogen and oxygen atoms in total. The summed E-state index contributed by atoms with van der Waals surface area (Å²) in [6.45, 7) is 7.99. The number of carbonyl (C=O) groups is 1. The topological polar surface area (TPSA) is 79.4 Å². The summed E-state index contributed by atoms with van der Waals surface area (Å²) in [4.78, 5) is 17.0. The Kier molecular flexibility index (Phi) is 5.91. The Morgan fingerprint density at radius 1 is 1.13 bits per heavy atom. The van der Waals surface area contributed by atoms with Crippen molar-refractivity contribution < 1.29 is 13.7 Å². The van der Waals surface area contributed by atoms with Crippen molar-refractivity contribution in [2.45, 2.75) is 20.4 Å². The molecular weight excluding hydrogens is 387 g/mol. The highest BCUT2D eigenvalue weighted by atomic mass is 19.1. The molecule has 1 aliphatic rings. The highest BCUT2D eigenvalue weighted by molar-refractivity contribution is 5.91. The fraction of sp³-hybridized carbons (Fsp3) is 0.381. The van der Waals surface area contributed by atoms with E-state index in [2.05, 4.69) is 25.4 Å². The molecule has 0 radical (unpaired) electrons. The number of anilines is 1. The van der Waals surface area contributed by atoms with Crippen molar-refractivity contribution in [1.29, 1.82) is 0 Å². The van der Waals surface area contributed by atoms with Gasteiger partial charge >= 0.3 is 0 Å². The average Bonchev–Trinajstić information content (AvgIpc) is 3.28. The minimum atomic E-state index is -0.394. The van der Waals surface area contributed by atoms with E-state index in [0.29, 0.717) is 17.2 Å². The first-order valence-electron chi connectivity index (χ1n) is 9.96. The summed E-state index contributed by atoms with van der Waals surface area (Å²) in [5.41, 5.74) is 1.93. The normalized spacial score (nSPS) is 15.4. The fourth-order valence-electron chi connectivity index (χ4n) is 3.61. The number of hydrogen-bond donors (Lipinski definition) is 1. The second-order valence-corrected chi connectivity index (χ2v) is 7.56. The molecule has 3 heterocycles. The van der Waals surface area contributed by atoms with Crippen LogP contribution in [0.15, 0.2) is 40.9 Å². The smallest absolute Gasteiger partial charge is 0.239 e. The highest BCUT2D eigenvalue weighted by Crippen LogP contribution is 2.19. The molecule has 158 valence electrons. The summed E-state index contributed by atoms with van der Waals surface area (Å²) in [5.74, 6) is 0.732. The number of nitrogens with zero attached hydrogens (tertiary/aromatic N) is 5. The third-order valence-electron chi connectivity index (χ3n) is 5.07. The largest absolute Gasteiger partial charge is 0.361 e. The second-order valence-electron chi connectivity index (χ2n) is 7.56. The lowest BCUT2D eigenvalue weighted by Crippen LogP contribution is -2.48. The number of halogens is 1. The van der Waals surface area contributed by atoms with Crippen LogP contribution in [0.4, 0.5) is 10.2 Å². The molecule has 30 heavy (non-hydrogen) atoms. The van der Waals surface area contributed by atoms with Crippen LogP contribution in [0, 0.1) is 19.7 Å². The van der Waals surface area contributed by atoms with Crippen LogP contribution in [0.1, 0.15) is 17.1 Å². The molecule has 0 aliphatic carbocycles. The Labute approximate surface area is 174 Å². The Hall–Kier alpha value is -3.04. The molecule has 4 rings (SSSR count). The van der Waals surface area contributed by atoms with Crippen molar-refractivity contribution in [3.8, 4) is 5.69 Å². The van der Waals surface area contributed by atoms with Gasteiger partial charge in [-0.2, -0.15) is 5.10 Å². The van der Waals surface area contributed by atoms with Crippen LogP contribution in [0.25, 0.3) is 5.69 Å². The number of piperazine rings is 1. The van der Waals surface area contributed by atoms with E-state index < -0.39 is 5.82 Å². The highest BCUT2D eigenvalue weighted by Gasteiger charge is 2.21. The van der Waals surface area contributed by atoms with Gasteiger partial charge in [0.05, 0.1) is 17.9 Å². The van der Waals surface area contributed by atoms with E-state index in [1.807, 2.05) is 19.9 Å². The maximum absolute atomic E-state index is 14.2. The van der Waals surface area contributed by atoms with Gasteiger partial charge in [-0.25, -0.2) is 9.07 Å². The molecule has 9 heteroatoms. The first kappa shape index (κ1) is 20.2. The van der Waals surface area contributed by atoms with Gasteiger partial charge in [0.2, 0.25) is 5.91 Å². The van der Waals surface area contributed by atoms with Gasteiger partial charge in [0.15, 0.2) is 0 Å². The first-order chi connectivity index (χ1) is 14.5. The number of carbonyl (C=O) groups excluding carboxylic acids is 1. The lowest BCUT2D eigenvalue weighted by atomic mass is 10.2.